The maximum atomic E-state index is 6.13. The second kappa shape index (κ2) is 10.2. The number of hydrogen-bond acceptors (Lipinski definition) is 5. The summed E-state index contributed by atoms with van der Waals surface area (Å²) >= 11 is 0. The van der Waals surface area contributed by atoms with Gasteiger partial charge < -0.3 is 24.4 Å². The number of nitrogens with zero attached hydrogens (tertiary/aromatic N) is 1. The minimum atomic E-state index is 0.0694. The van der Waals surface area contributed by atoms with E-state index in [1.807, 2.05) is 0 Å². The van der Waals surface area contributed by atoms with Gasteiger partial charge in [0.15, 0.2) is 11.5 Å². The van der Waals surface area contributed by atoms with Gasteiger partial charge in [0, 0.05) is 18.7 Å². The molecule has 1 heterocycles. The van der Waals surface area contributed by atoms with Gasteiger partial charge in [0.05, 0.1) is 26.9 Å². The van der Waals surface area contributed by atoms with Gasteiger partial charge in [-0.2, -0.15) is 0 Å². The summed E-state index contributed by atoms with van der Waals surface area (Å²) in [6, 6.07) is 10.9. The molecular weight excluding hydrogens is 376 g/mol. The molecule has 0 bridgehead atoms. The molecule has 5 heteroatoms. The molecule has 5 nitrogen and oxygen atoms in total. The van der Waals surface area contributed by atoms with E-state index in [4.69, 9.17) is 14.2 Å². The van der Waals surface area contributed by atoms with Crippen LogP contribution in [0.4, 0.5) is 0 Å². The summed E-state index contributed by atoms with van der Waals surface area (Å²) in [6.07, 6.45) is 1.94. The summed E-state index contributed by atoms with van der Waals surface area (Å²) in [5, 5.41) is 3.68. The summed E-state index contributed by atoms with van der Waals surface area (Å²) in [4.78, 5) is 2.17. The van der Waals surface area contributed by atoms with Crippen molar-refractivity contribution in [1.29, 1.82) is 0 Å². The van der Waals surface area contributed by atoms with Crippen LogP contribution in [-0.2, 0) is 6.42 Å². The van der Waals surface area contributed by atoms with Gasteiger partial charge in [-0.15, -0.1) is 0 Å². The first-order valence-corrected chi connectivity index (χ1v) is 10.8. The van der Waals surface area contributed by atoms with Crippen molar-refractivity contribution in [2.45, 2.75) is 38.6 Å². The highest BCUT2D eigenvalue weighted by Gasteiger charge is 2.26. The van der Waals surface area contributed by atoms with Crippen molar-refractivity contribution < 1.29 is 14.2 Å². The van der Waals surface area contributed by atoms with Gasteiger partial charge >= 0.3 is 0 Å². The van der Waals surface area contributed by atoms with Crippen LogP contribution in [-0.4, -0.2) is 52.9 Å². The predicted octanol–water partition coefficient (Wildman–Crippen LogP) is 4.39. The number of ether oxygens (including phenoxy) is 3. The molecule has 1 aliphatic rings. The Balaban J connectivity index is 1.93. The molecule has 0 aromatic heterocycles. The highest BCUT2D eigenvalue weighted by molar-refractivity contribution is 5.54. The van der Waals surface area contributed by atoms with Gasteiger partial charge in [0.25, 0.3) is 0 Å². The fourth-order valence-corrected chi connectivity index (χ4v) is 4.00. The Bertz CT molecular complexity index is 849. The van der Waals surface area contributed by atoms with Crippen LogP contribution in [0.1, 0.15) is 54.5 Å². The predicted molar refractivity (Wildman–Crippen MR) is 122 cm³/mol. The number of rotatable bonds is 9. The molecule has 0 saturated heterocycles. The van der Waals surface area contributed by atoms with Gasteiger partial charge in [-0.05, 0) is 67.7 Å². The first kappa shape index (κ1) is 22.4. The van der Waals surface area contributed by atoms with Gasteiger partial charge in [-0.3, -0.25) is 0 Å². The molecule has 30 heavy (non-hydrogen) atoms. The Labute approximate surface area is 181 Å². The zero-order valence-corrected chi connectivity index (χ0v) is 19.2. The molecular formula is C25H36N2O3. The molecule has 1 N–H and O–H groups in total. The van der Waals surface area contributed by atoms with Gasteiger partial charge in [0.2, 0.25) is 0 Å². The molecule has 164 valence electrons. The zero-order valence-electron chi connectivity index (χ0n) is 19.2. The second-order valence-electron chi connectivity index (χ2n) is 8.50. The van der Waals surface area contributed by atoms with E-state index in [9.17, 15) is 0 Å². The molecule has 2 aromatic rings. The molecule has 1 aliphatic heterocycles. The Morgan fingerprint density at radius 2 is 1.77 bits per heavy atom. The summed E-state index contributed by atoms with van der Waals surface area (Å²) in [7, 11) is 7.61. The summed E-state index contributed by atoms with van der Waals surface area (Å²) < 4.78 is 17.5. The lowest BCUT2D eigenvalue weighted by molar-refractivity contribution is 0.267. The Morgan fingerprint density at radius 3 is 2.43 bits per heavy atom. The van der Waals surface area contributed by atoms with Gasteiger partial charge in [-0.1, -0.05) is 26.0 Å². The monoisotopic (exact) mass is 412 g/mol. The number of methoxy groups -OCH3 is 2. The highest BCUT2D eigenvalue weighted by atomic mass is 16.5. The maximum Gasteiger partial charge on any atom is 0.161 e. The molecule has 0 spiro atoms. The minimum absolute atomic E-state index is 0.0694. The molecule has 0 fully saturated rings. The number of fused-ring (bicyclic) bond motifs is 1. The lowest BCUT2D eigenvalue weighted by atomic mass is 9.88. The smallest absolute Gasteiger partial charge is 0.161 e. The van der Waals surface area contributed by atoms with Crippen LogP contribution >= 0.6 is 0 Å². The standard InChI is InChI=1S/C25H36N2O3/c1-17(2)18-8-9-20(22(14-18)28-5)25-21-16-24(30-13-7-12-27(3)4)23(29-6)15-19(21)10-11-26-25/h8-9,14-17,25-26H,7,10-13H2,1-6H3. The molecule has 0 aliphatic carbocycles. The largest absolute Gasteiger partial charge is 0.496 e. The van der Waals surface area contributed by atoms with Crippen LogP contribution < -0.4 is 19.5 Å². The van der Waals surface area contributed by atoms with Crippen LogP contribution in [0.25, 0.3) is 0 Å². The quantitative estimate of drug-likeness (QED) is 0.619. The molecule has 1 atom stereocenters. The van der Waals surface area contributed by atoms with E-state index in [0.717, 1.165) is 48.7 Å². The van der Waals surface area contributed by atoms with E-state index in [1.165, 1.54) is 16.7 Å². The average Bonchev–Trinajstić information content (AvgIpc) is 2.75. The lowest BCUT2D eigenvalue weighted by Crippen LogP contribution is -2.31. The van der Waals surface area contributed by atoms with Crippen LogP contribution in [0, 0.1) is 0 Å². The first-order valence-electron chi connectivity index (χ1n) is 10.8. The average molecular weight is 413 g/mol. The van der Waals surface area contributed by atoms with Crippen molar-refractivity contribution in [3.05, 3.63) is 52.6 Å². The van der Waals surface area contributed by atoms with Crippen molar-refractivity contribution in [2.24, 2.45) is 0 Å². The molecule has 0 amide bonds. The van der Waals surface area contributed by atoms with E-state index < -0.39 is 0 Å². The molecule has 2 aromatic carbocycles. The SMILES string of the molecule is COc1cc2c(cc1OCCCN(C)C)C(c1ccc(C(C)C)cc1OC)NCC2. The molecule has 3 rings (SSSR count). The number of hydrogen-bond donors (Lipinski definition) is 1. The van der Waals surface area contributed by atoms with Gasteiger partial charge in [0.1, 0.15) is 5.75 Å². The van der Waals surface area contributed by atoms with Crippen molar-refractivity contribution in [2.75, 3.05) is 48.0 Å². The topological polar surface area (TPSA) is 43.0 Å². The van der Waals surface area contributed by atoms with Crippen molar-refractivity contribution in [1.82, 2.24) is 10.2 Å². The van der Waals surface area contributed by atoms with Crippen molar-refractivity contribution >= 4 is 0 Å². The second-order valence-corrected chi connectivity index (χ2v) is 8.50. The highest BCUT2D eigenvalue weighted by Crippen LogP contribution is 2.40. The van der Waals surface area contributed by atoms with Crippen molar-refractivity contribution in [3.63, 3.8) is 0 Å². The Morgan fingerprint density at radius 1 is 1.00 bits per heavy atom. The molecule has 0 radical (unpaired) electrons. The van der Waals surface area contributed by atoms with E-state index >= 15 is 0 Å². The third-order valence-electron chi connectivity index (χ3n) is 5.72. The summed E-state index contributed by atoms with van der Waals surface area (Å²) in [5.41, 5.74) is 4.98. The number of benzene rings is 2. The zero-order chi connectivity index (χ0) is 21.7. The Hall–Kier alpha value is -2.24. The fourth-order valence-electron chi connectivity index (χ4n) is 4.00. The third kappa shape index (κ3) is 5.08. The van der Waals surface area contributed by atoms with Crippen LogP contribution in [0.3, 0.4) is 0 Å². The Kier molecular flexibility index (Phi) is 7.62. The summed E-state index contributed by atoms with van der Waals surface area (Å²) in [5.74, 6) is 3.00. The van der Waals surface area contributed by atoms with E-state index in [-0.39, 0.29) is 6.04 Å². The van der Waals surface area contributed by atoms with Crippen LogP contribution in [0.15, 0.2) is 30.3 Å². The van der Waals surface area contributed by atoms with E-state index in [2.05, 4.69) is 68.5 Å². The lowest BCUT2D eigenvalue weighted by Gasteiger charge is -2.30. The normalized spacial score (nSPS) is 15.9. The third-order valence-corrected chi connectivity index (χ3v) is 5.72. The molecule has 1 unspecified atom stereocenters. The maximum absolute atomic E-state index is 6.13. The number of nitrogens with one attached hydrogen (secondary N) is 1. The van der Waals surface area contributed by atoms with Crippen LogP contribution in [0.2, 0.25) is 0 Å². The fraction of sp³-hybridized carbons (Fsp3) is 0.520. The summed E-state index contributed by atoms with van der Waals surface area (Å²) in [6.45, 7) is 6.98. The minimum Gasteiger partial charge on any atom is -0.496 e. The first-order chi connectivity index (χ1) is 14.4. The molecule has 0 saturated carbocycles. The van der Waals surface area contributed by atoms with Crippen molar-refractivity contribution in [3.8, 4) is 17.2 Å². The van der Waals surface area contributed by atoms with E-state index in [1.54, 1.807) is 14.2 Å². The van der Waals surface area contributed by atoms with Gasteiger partial charge in [-0.25, -0.2) is 0 Å². The van der Waals surface area contributed by atoms with E-state index in [0.29, 0.717) is 12.5 Å². The van der Waals surface area contributed by atoms with Crippen LogP contribution in [0.5, 0.6) is 17.2 Å².